The molecule has 1 aromatic rings. The average Bonchev–Trinajstić information content (AvgIpc) is 2.77. The lowest BCUT2D eigenvalue weighted by Crippen LogP contribution is -2.47. The Hall–Kier alpha value is -1.41. The lowest BCUT2D eigenvalue weighted by atomic mass is 9.77. The molecule has 1 fully saturated rings. The van der Waals surface area contributed by atoms with Crippen molar-refractivity contribution >= 4 is 11.8 Å². The minimum atomic E-state index is 0.304. The highest BCUT2D eigenvalue weighted by Crippen LogP contribution is 2.44. The zero-order valence-electron chi connectivity index (χ0n) is 17.3. The molecule has 1 aliphatic heterocycles. The first kappa shape index (κ1) is 19.4. The Bertz CT molecular complexity index is 657. The molecule has 0 radical (unpaired) electrons. The molecule has 2 aliphatic rings. The molecule has 26 heavy (non-hydrogen) atoms. The van der Waals surface area contributed by atoms with Gasteiger partial charge in [-0.25, -0.2) is 0 Å². The zero-order chi connectivity index (χ0) is 18.7. The van der Waals surface area contributed by atoms with Crippen LogP contribution in [0.25, 0.3) is 5.57 Å². The monoisotopic (exact) mass is 352 g/mol. The van der Waals surface area contributed by atoms with Crippen LogP contribution in [0, 0.1) is 11.8 Å². The summed E-state index contributed by atoms with van der Waals surface area (Å²) in [6.45, 7) is 14.0. The summed E-state index contributed by atoms with van der Waals surface area (Å²) in [5.74, 6) is 2.26. The summed E-state index contributed by atoms with van der Waals surface area (Å²) in [6, 6.07) is 9.00. The van der Waals surface area contributed by atoms with Crippen LogP contribution in [0.2, 0.25) is 0 Å². The number of nitrogens with zero attached hydrogens (tertiary/aromatic N) is 2. The number of aliphatic imine (C=N–C) groups is 1. The Morgan fingerprint density at radius 3 is 2.42 bits per heavy atom. The highest BCUT2D eigenvalue weighted by Gasteiger charge is 2.34. The van der Waals surface area contributed by atoms with Gasteiger partial charge in [0.05, 0.1) is 0 Å². The van der Waals surface area contributed by atoms with Gasteiger partial charge in [-0.2, -0.15) is 0 Å². The summed E-state index contributed by atoms with van der Waals surface area (Å²) in [5.41, 5.74) is 4.69. The van der Waals surface area contributed by atoms with E-state index in [4.69, 9.17) is 0 Å². The van der Waals surface area contributed by atoms with E-state index in [-0.39, 0.29) is 0 Å². The summed E-state index contributed by atoms with van der Waals surface area (Å²) in [6.07, 6.45) is 9.20. The van der Waals surface area contributed by atoms with Gasteiger partial charge in [-0.05, 0) is 101 Å². The van der Waals surface area contributed by atoms with Crippen LogP contribution in [0.3, 0.4) is 0 Å². The van der Waals surface area contributed by atoms with E-state index in [9.17, 15) is 0 Å². The molecule has 0 aromatic heterocycles. The number of hydrogen-bond donors (Lipinski definition) is 0. The molecule has 2 atom stereocenters. The van der Waals surface area contributed by atoms with Crippen molar-refractivity contribution < 1.29 is 0 Å². The van der Waals surface area contributed by atoms with Crippen LogP contribution in [0.1, 0.15) is 77.3 Å². The smallest absolute Gasteiger partial charge is 0.0301 e. The van der Waals surface area contributed by atoms with Crippen LogP contribution in [0.5, 0.6) is 0 Å². The van der Waals surface area contributed by atoms with E-state index in [1.807, 2.05) is 13.1 Å². The molecule has 1 aliphatic carbocycles. The van der Waals surface area contributed by atoms with E-state index in [1.165, 1.54) is 55.5 Å². The van der Waals surface area contributed by atoms with Crippen LogP contribution >= 0.6 is 0 Å². The second-order valence-electron chi connectivity index (χ2n) is 9.25. The van der Waals surface area contributed by atoms with Crippen molar-refractivity contribution in [1.82, 2.24) is 4.90 Å². The van der Waals surface area contributed by atoms with Crippen LogP contribution in [0.15, 0.2) is 35.5 Å². The molecule has 0 saturated carbocycles. The Morgan fingerprint density at radius 1 is 1.08 bits per heavy atom. The van der Waals surface area contributed by atoms with Crippen molar-refractivity contribution in [2.24, 2.45) is 16.8 Å². The summed E-state index contributed by atoms with van der Waals surface area (Å²) in [7, 11) is 0. The molecule has 1 heterocycles. The molecule has 0 amide bonds. The van der Waals surface area contributed by atoms with Gasteiger partial charge in [0.15, 0.2) is 0 Å². The van der Waals surface area contributed by atoms with Crippen LogP contribution in [0.4, 0.5) is 0 Å². The predicted molar refractivity (Wildman–Crippen MR) is 114 cm³/mol. The molecule has 3 rings (SSSR count). The number of fused-ring (bicyclic) bond motifs is 1. The Morgan fingerprint density at radius 2 is 1.77 bits per heavy atom. The number of rotatable bonds is 2. The third-order valence-corrected chi connectivity index (χ3v) is 6.51. The van der Waals surface area contributed by atoms with Gasteiger partial charge in [-0.3, -0.25) is 9.89 Å². The van der Waals surface area contributed by atoms with E-state index >= 15 is 0 Å². The largest absolute Gasteiger partial charge is 0.298 e. The first-order valence-electron chi connectivity index (χ1n) is 10.4. The van der Waals surface area contributed by atoms with Crippen LogP contribution < -0.4 is 0 Å². The van der Waals surface area contributed by atoms with Crippen molar-refractivity contribution in [2.45, 2.75) is 71.8 Å². The Labute approximate surface area is 160 Å². The van der Waals surface area contributed by atoms with E-state index < -0.39 is 0 Å². The number of allylic oxidation sites excluding steroid dienone is 1. The minimum absolute atomic E-state index is 0.304. The standard InChI is InChI=1S/C24H36N2/c1-6-25-17-21-16-20(15-18(2)22-9-7-8-10-23(21)22)19-11-13-26(14-12-19)24(3,4)5/h6-10,17-20H,11-16H2,1-5H3/b21-17+,25-6-. The first-order valence-corrected chi connectivity index (χ1v) is 10.4. The Balaban J connectivity index is 1.81. The van der Waals surface area contributed by atoms with E-state index in [0.717, 1.165) is 11.8 Å². The maximum atomic E-state index is 4.49. The summed E-state index contributed by atoms with van der Waals surface area (Å²) in [4.78, 5) is 7.15. The molecule has 0 spiro atoms. The van der Waals surface area contributed by atoms with Gasteiger partial charge in [0.25, 0.3) is 0 Å². The quantitative estimate of drug-likeness (QED) is 0.461. The number of piperidine rings is 1. The molecule has 1 aromatic carbocycles. The van der Waals surface area contributed by atoms with Crippen molar-refractivity contribution in [2.75, 3.05) is 13.1 Å². The number of likely N-dealkylation sites (tertiary alicyclic amines) is 1. The van der Waals surface area contributed by atoms with Gasteiger partial charge in [-0.15, -0.1) is 0 Å². The molecule has 2 nitrogen and oxygen atoms in total. The van der Waals surface area contributed by atoms with Gasteiger partial charge >= 0.3 is 0 Å². The number of benzene rings is 1. The molecular formula is C24H36N2. The maximum absolute atomic E-state index is 4.49. The minimum Gasteiger partial charge on any atom is -0.298 e. The lowest BCUT2D eigenvalue weighted by molar-refractivity contribution is 0.0686. The normalized spacial score (nSPS) is 27.7. The fourth-order valence-corrected chi connectivity index (χ4v) is 4.96. The van der Waals surface area contributed by atoms with Gasteiger partial charge in [0.1, 0.15) is 0 Å². The molecular weight excluding hydrogens is 316 g/mol. The fourth-order valence-electron chi connectivity index (χ4n) is 4.96. The van der Waals surface area contributed by atoms with Crippen LogP contribution in [-0.4, -0.2) is 29.7 Å². The molecule has 0 bridgehead atoms. The van der Waals surface area contributed by atoms with Gasteiger partial charge in [0.2, 0.25) is 0 Å². The summed E-state index contributed by atoms with van der Waals surface area (Å²) in [5, 5.41) is 0. The highest BCUT2D eigenvalue weighted by atomic mass is 15.2. The lowest BCUT2D eigenvalue weighted by Gasteiger charge is -2.43. The number of hydrogen-bond acceptors (Lipinski definition) is 2. The van der Waals surface area contributed by atoms with E-state index in [0.29, 0.717) is 11.5 Å². The Kier molecular flexibility index (Phi) is 6.02. The topological polar surface area (TPSA) is 15.6 Å². The summed E-state index contributed by atoms with van der Waals surface area (Å²) < 4.78 is 0. The van der Waals surface area contributed by atoms with Crippen molar-refractivity contribution in [1.29, 1.82) is 0 Å². The van der Waals surface area contributed by atoms with Crippen LogP contribution in [-0.2, 0) is 0 Å². The SMILES string of the molecule is C/C=N\C=C1/CC(C2CCN(C(C)(C)C)CC2)CC(C)c2ccccc21. The second-order valence-corrected chi connectivity index (χ2v) is 9.25. The average molecular weight is 353 g/mol. The molecule has 1 saturated heterocycles. The maximum Gasteiger partial charge on any atom is 0.0301 e. The van der Waals surface area contributed by atoms with Gasteiger partial charge in [0, 0.05) is 18.0 Å². The second kappa shape index (κ2) is 8.08. The first-order chi connectivity index (χ1) is 12.4. The van der Waals surface area contributed by atoms with Gasteiger partial charge < -0.3 is 0 Å². The van der Waals surface area contributed by atoms with Crippen molar-refractivity contribution in [3.63, 3.8) is 0 Å². The third-order valence-electron chi connectivity index (χ3n) is 6.51. The molecule has 2 heteroatoms. The predicted octanol–water partition coefficient (Wildman–Crippen LogP) is 6.14. The summed E-state index contributed by atoms with van der Waals surface area (Å²) >= 11 is 0. The highest BCUT2D eigenvalue weighted by molar-refractivity contribution is 5.71. The van der Waals surface area contributed by atoms with Crippen molar-refractivity contribution in [3.8, 4) is 0 Å². The van der Waals surface area contributed by atoms with E-state index in [2.05, 4.69) is 68.1 Å². The molecule has 2 unspecified atom stereocenters. The zero-order valence-corrected chi connectivity index (χ0v) is 17.3. The third kappa shape index (κ3) is 4.28. The van der Waals surface area contributed by atoms with Gasteiger partial charge in [-0.1, -0.05) is 31.2 Å². The fraction of sp³-hybridized carbons (Fsp3) is 0.625. The molecule has 142 valence electrons. The van der Waals surface area contributed by atoms with E-state index in [1.54, 1.807) is 0 Å². The van der Waals surface area contributed by atoms with Crippen molar-refractivity contribution in [3.05, 3.63) is 41.6 Å². The molecule has 0 N–H and O–H groups in total.